The molecule has 2 fully saturated rings. The predicted octanol–water partition coefficient (Wildman–Crippen LogP) is 2.74. The van der Waals surface area contributed by atoms with Crippen LogP contribution in [0.5, 0.6) is 17.4 Å². The number of benzene rings is 1. The molecular weight excluding hydrogens is 460 g/mol. The maximum atomic E-state index is 16.1. The number of phenols is 1. The quantitative estimate of drug-likeness (QED) is 0.517. The van der Waals surface area contributed by atoms with Gasteiger partial charge < -0.3 is 24.8 Å². The summed E-state index contributed by atoms with van der Waals surface area (Å²) in [6.45, 7) is 3.11. The molecule has 0 bridgehead atoms. The minimum Gasteiger partial charge on any atom is -0.508 e. The van der Waals surface area contributed by atoms with Gasteiger partial charge in [-0.1, -0.05) is 6.07 Å². The van der Waals surface area contributed by atoms with Gasteiger partial charge in [-0.15, -0.1) is 0 Å². The normalized spacial score (nSPS) is 31.4. The minimum absolute atomic E-state index is 0.0454. The summed E-state index contributed by atoms with van der Waals surface area (Å²) < 4.78 is 58.0. The van der Waals surface area contributed by atoms with Crippen molar-refractivity contribution < 1.29 is 37.1 Å². The van der Waals surface area contributed by atoms with Gasteiger partial charge in [-0.05, 0) is 26.0 Å². The molecule has 2 aliphatic heterocycles. The maximum Gasteiger partial charge on any atom is 0.530 e. The van der Waals surface area contributed by atoms with Crippen LogP contribution in [0, 0.1) is 0 Å². The molecule has 2 aromatic heterocycles. The highest BCUT2D eigenvalue weighted by atomic mass is 31.2. The number of phenolic OH excluding ortho intramolecular Hbond substituents is 1. The maximum absolute atomic E-state index is 16.1. The molecule has 176 valence electrons. The van der Waals surface area contributed by atoms with Crippen molar-refractivity contribution in [2.45, 2.75) is 38.0 Å². The van der Waals surface area contributed by atoms with Gasteiger partial charge in [-0.25, -0.2) is 13.9 Å². The van der Waals surface area contributed by atoms with Gasteiger partial charge >= 0.3 is 7.82 Å². The van der Waals surface area contributed by atoms with Crippen LogP contribution in [0.3, 0.4) is 0 Å². The van der Waals surface area contributed by atoms with Crippen LogP contribution in [-0.2, 0) is 18.3 Å². The van der Waals surface area contributed by atoms with Crippen molar-refractivity contribution >= 4 is 24.9 Å². The Morgan fingerprint density at radius 1 is 1.42 bits per heavy atom. The van der Waals surface area contributed by atoms with Crippen LogP contribution in [-0.4, -0.2) is 55.7 Å². The number of alkyl halides is 1. The highest BCUT2D eigenvalue weighted by Crippen LogP contribution is 2.59. The summed E-state index contributed by atoms with van der Waals surface area (Å²) in [5.41, 5.74) is 4.10. The summed E-state index contributed by atoms with van der Waals surface area (Å²) in [6.07, 6.45) is -2.09. The van der Waals surface area contributed by atoms with E-state index in [0.29, 0.717) is 6.61 Å². The van der Waals surface area contributed by atoms with E-state index in [9.17, 15) is 9.67 Å². The van der Waals surface area contributed by atoms with Crippen molar-refractivity contribution in [1.29, 1.82) is 0 Å². The molecule has 0 amide bonds. The van der Waals surface area contributed by atoms with Crippen LogP contribution in [0.15, 0.2) is 30.6 Å². The van der Waals surface area contributed by atoms with E-state index < -0.39 is 31.9 Å². The van der Waals surface area contributed by atoms with Crippen molar-refractivity contribution in [3.05, 3.63) is 30.6 Å². The lowest BCUT2D eigenvalue weighted by atomic mass is 9.98. The van der Waals surface area contributed by atoms with Gasteiger partial charge in [0.1, 0.15) is 23.7 Å². The average Bonchev–Trinajstić information content (AvgIpc) is 3.26. The van der Waals surface area contributed by atoms with Crippen molar-refractivity contribution in [3.63, 3.8) is 0 Å². The van der Waals surface area contributed by atoms with Crippen LogP contribution in [0.2, 0.25) is 0 Å². The van der Waals surface area contributed by atoms with Crippen LogP contribution >= 0.6 is 7.82 Å². The molecular formula is C19H21FN5O7P. The first kappa shape index (κ1) is 21.8. The Morgan fingerprint density at radius 2 is 2.24 bits per heavy atom. The summed E-state index contributed by atoms with van der Waals surface area (Å²) in [7, 11) is -4.20. The fourth-order valence-electron chi connectivity index (χ4n) is 3.88. The number of anilines is 1. The van der Waals surface area contributed by atoms with Gasteiger partial charge in [0, 0.05) is 6.07 Å². The van der Waals surface area contributed by atoms with E-state index in [1.54, 1.807) is 6.92 Å². The lowest BCUT2D eigenvalue weighted by molar-refractivity contribution is -0.0655. The number of nitrogens with two attached hydrogens (primary N) is 1. The van der Waals surface area contributed by atoms with E-state index in [1.165, 1.54) is 42.1 Å². The van der Waals surface area contributed by atoms with E-state index in [4.69, 9.17) is 28.8 Å². The molecule has 3 N–H and O–H groups in total. The van der Waals surface area contributed by atoms with Crippen molar-refractivity contribution in [2.75, 3.05) is 18.9 Å². The van der Waals surface area contributed by atoms with Crippen molar-refractivity contribution in [3.8, 4) is 17.4 Å². The number of phosphoric ester groups is 1. The highest BCUT2D eigenvalue weighted by Gasteiger charge is 2.62. The zero-order valence-electron chi connectivity index (χ0n) is 17.6. The van der Waals surface area contributed by atoms with Gasteiger partial charge in [0.15, 0.2) is 23.1 Å². The fraction of sp³-hybridized carbons (Fsp3) is 0.421. The first-order valence-corrected chi connectivity index (χ1v) is 11.5. The number of imidazole rings is 1. The zero-order valence-corrected chi connectivity index (χ0v) is 18.5. The number of aromatic hydroxyl groups is 1. The van der Waals surface area contributed by atoms with Crippen LogP contribution in [0.4, 0.5) is 10.3 Å². The van der Waals surface area contributed by atoms with Gasteiger partial charge in [0.25, 0.3) is 0 Å². The third-order valence-corrected chi connectivity index (χ3v) is 6.68. The first-order chi connectivity index (χ1) is 15.7. The molecule has 14 heteroatoms. The van der Waals surface area contributed by atoms with E-state index in [-0.39, 0.29) is 41.1 Å². The van der Waals surface area contributed by atoms with Gasteiger partial charge in [-0.2, -0.15) is 9.97 Å². The average molecular weight is 481 g/mol. The summed E-state index contributed by atoms with van der Waals surface area (Å²) in [6, 6.07) is 5.60. The topological polar surface area (TPSA) is 153 Å². The Hall–Kier alpha value is -2.99. The SMILES string of the molecule is CCOc1nc(N)nc2c1ncn2C1OC2COP(=O)(Oc3cccc(O)c3)OC2C1(C)F. The standard InChI is InChI=1S/C19H21FN5O7P/c1-3-28-16-13-15(23-18(21)24-16)25(9-22-13)17-19(2,20)14-12(30-17)8-29-33(27,32-14)31-11-6-4-5-10(26)7-11/h4-7,9,12,14,17,26H,3,8H2,1-2H3,(H2,21,23,24). The number of nitrogen functional groups attached to an aromatic ring is 1. The van der Waals surface area contributed by atoms with E-state index in [2.05, 4.69) is 15.0 Å². The molecule has 2 saturated heterocycles. The monoisotopic (exact) mass is 481 g/mol. The Kier molecular flexibility index (Phi) is 5.16. The second-order valence-corrected chi connectivity index (χ2v) is 9.23. The minimum atomic E-state index is -4.20. The number of halogens is 1. The molecule has 3 aromatic rings. The number of ether oxygens (including phenoxy) is 2. The zero-order chi connectivity index (χ0) is 23.4. The van der Waals surface area contributed by atoms with Gasteiger partial charge in [0.2, 0.25) is 11.8 Å². The predicted molar refractivity (Wildman–Crippen MR) is 111 cm³/mol. The summed E-state index contributed by atoms with van der Waals surface area (Å²) in [5.74, 6) is 0.0305. The number of nitrogens with zero attached hydrogens (tertiary/aromatic N) is 4. The molecule has 5 atom stereocenters. The Bertz CT molecular complexity index is 1250. The Balaban J connectivity index is 1.45. The molecule has 4 heterocycles. The molecule has 0 aliphatic carbocycles. The van der Waals surface area contributed by atoms with Crippen molar-refractivity contribution in [1.82, 2.24) is 19.5 Å². The molecule has 2 aliphatic rings. The number of hydrogen-bond donors (Lipinski definition) is 2. The molecule has 5 unspecified atom stereocenters. The lowest BCUT2D eigenvalue weighted by Gasteiger charge is -2.33. The van der Waals surface area contributed by atoms with Crippen LogP contribution in [0.1, 0.15) is 20.1 Å². The largest absolute Gasteiger partial charge is 0.530 e. The van der Waals surface area contributed by atoms with E-state index in [0.717, 1.165) is 0 Å². The Morgan fingerprint density at radius 3 is 3.00 bits per heavy atom. The lowest BCUT2D eigenvalue weighted by Crippen LogP contribution is -2.45. The number of phosphoric acid groups is 1. The van der Waals surface area contributed by atoms with E-state index >= 15 is 4.39 Å². The summed E-state index contributed by atoms with van der Waals surface area (Å²) >= 11 is 0. The molecule has 5 rings (SSSR count). The van der Waals surface area contributed by atoms with Crippen LogP contribution in [0.25, 0.3) is 11.2 Å². The second kappa shape index (κ2) is 7.80. The third kappa shape index (κ3) is 3.76. The van der Waals surface area contributed by atoms with Crippen molar-refractivity contribution in [2.24, 2.45) is 0 Å². The second-order valence-electron chi connectivity index (χ2n) is 7.68. The molecule has 0 saturated carbocycles. The van der Waals surface area contributed by atoms with Crippen LogP contribution < -0.4 is 15.0 Å². The third-order valence-electron chi connectivity index (χ3n) is 5.30. The summed E-state index contributed by atoms with van der Waals surface area (Å²) in [4.78, 5) is 12.4. The van der Waals surface area contributed by atoms with Gasteiger partial charge in [0.05, 0.1) is 19.5 Å². The molecule has 33 heavy (non-hydrogen) atoms. The Labute approximate surface area is 187 Å². The number of rotatable bonds is 5. The fourth-order valence-corrected chi connectivity index (χ4v) is 5.35. The van der Waals surface area contributed by atoms with Gasteiger partial charge in [-0.3, -0.25) is 13.6 Å². The molecule has 1 aromatic carbocycles. The summed E-state index contributed by atoms with van der Waals surface area (Å²) in [5, 5.41) is 9.59. The number of hydrogen-bond acceptors (Lipinski definition) is 11. The number of fused-ring (bicyclic) bond motifs is 2. The smallest absolute Gasteiger partial charge is 0.508 e. The highest BCUT2D eigenvalue weighted by molar-refractivity contribution is 7.49. The number of aromatic nitrogens is 4. The van der Waals surface area contributed by atoms with E-state index in [1.807, 2.05) is 0 Å². The molecule has 0 spiro atoms. The molecule has 0 radical (unpaired) electrons. The first-order valence-electron chi connectivity index (χ1n) is 10.1. The molecule has 12 nitrogen and oxygen atoms in total.